The van der Waals surface area contributed by atoms with Gasteiger partial charge < -0.3 is 4.18 Å². The van der Waals surface area contributed by atoms with Gasteiger partial charge in [0.2, 0.25) is 0 Å². The summed E-state index contributed by atoms with van der Waals surface area (Å²) in [7, 11) is -5.95. The minimum absolute atomic E-state index is 0.0370. The maximum absolute atomic E-state index is 13.4. The van der Waals surface area contributed by atoms with Crippen molar-refractivity contribution in [2.24, 2.45) is 0 Å². The molecule has 4 nitrogen and oxygen atoms in total. The molecule has 0 spiro atoms. The van der Waals surface area contributed by atoms with E-state index in [2.05, 4.69) is 0 Å². The van der Waals surface area contributed by atoms with Crippen molar-refractivity contribution >= 4 is 55.5 Å². The first-order chi connectivity index (χ1) is 16.3. The molecule has 5 aromatic rings. The maximum Gasteiger partial charge on any atom is 0.534 e. The van der Waals surface area contributed by atoms with Gasteiger partial charge in [-0.3, -0.25) is 0 Å². The summed E-state index contributed by atoms with van der Waals surface area (Å²) < 4.78 is 69.6. The fourth-order valence-electron chi connectivity index (χ4n) is 3.30. The topological polar surface area (TPSA) is 56.3 Å². The highest BCUT2D eigenvalue weighted by molar-refractivity contribution is 7.88. The number of alkyl halides is 3. The second-order valence-corrected chi connectivity index (χ2v) is 12.1. The van der Waals surface area contributed by atoms with E-state index in [-0.39, 0.29) is 11.3 Å². The van der Waals surface area contributed by atoms with Crippen LogP contribution in [-0.2, 0) is 10.1 Å². The van der Waals surface area contributed by atoms with Crippen LogP contribution < -0.4 is 4.18 Å². The molecule has 5 heterocycles. The number of hydrogen-bond acceptors (Lipinski definition) is 8. The van der Waals surface area contributed by atoms with E-state index in [1.165, 1.54) is 45.3 Å². The first-order valence-corrected chi connectivity index (χ1v) is 14.4. The van der Waals surface area contributed by atoms with E-state index >= 15 is 0 Å². The van der Waals surface area contributed by atoms with Crippen LogP contribution in [0.1, 0.15) is 0 Å². The average molecular weight is 556 g/mol. The molecule has 0 atom stereocenters. The standard InChI is InChI=1S/C22H12F3NO3S5/c23-22(24,25)34(27,28)29-21-18(14-6-2-10-31-14)17(13-5-1-9-30-13)19(15-7-3-11-32-15)26-20(21)16-8-4-12-33-16/h1-12H. The number of nitrogens with zero attached hydrogens (tertiary/aromatic N) is 1. The van der Waals surface area contributed by atoms with Gasteiger partial charge >= 0.3 is 15.6 Å². The molecule has 0 amide bonds. The Kier molecular flexibility index (Phi) is 6.10. The van der Waals surface area contributed by atoms with Gasteiger partial charge in [-0.15, -0.1) is 45.3 Å². The second kappa shape index (κ2) is 8.93. The molecule has 0 fully saturated rings. The molecular formula is C22H12F3NO3S5. The zero-order chi connectivity index (χ0) is 23.9. The molecule has 0 aromatic carbocycles. The van der Waals surface area contributed by atoms with E-state index in [4.69, 9.17) is 9.17 Å². The van der Waals surface area contributed by atoms with Gasteiger partial charge in [-0.2, -0.15) is 21.6 Å². The molecule has 12 heteroatoms. The highest BCUT2D eigenvalue weighted by Gasteiger charge is 2.49. The average Bonchev–Trinajstić information content (AvgIpc) is 3.60. The summed E-state index contributed by atoms with van der Waals surface area (Å²) in [5, 5.41) is 7.22. The van der Waals surface area contributed by atoms with Gasteiger partial charge in [0.05, 0.1) is 15.4 Å². The normalized spacial score (nSPS) is 12.2. The number of thiophene rings is 4. The fourth-order valence-corrected chi connectivity index (χ4v) is 6.75. The molecule has 0 radical (unpaired) electrons. The number of hydrogen-bond donors (Lipinski definition) is 0. The van der Waals surface area contributed by atoms with E-state index in [0.717, 1.165) is 9.75 Å². The summed E-state index contributed by atoms with van der Waals surface area (Å²) in [6.45, 7) is 0. The van der Waals surface area contributed by atoms with E-state index in [1.807, 2.05) is 35.0 Å². The molecule has 0 N–H and O–H groups in total. The van der Waals surface area contributed by atoms with Crippen molar-refractivity contribution < 1.29 is 25.8 Å². The van der Waals surface area contributed by atoms with Crippen LogP contribution in [0.3, 0.4) is 0 Å². The number of aromatic nitrogens is 1. The minimum Gasteiger partial charge on any atom is -0.373 e. The van der Waals surface area contributed by atoms with Crippen molar-refractivity contribution in [3.63, 3.8) is 0 Å². The largest absolute Gasteiger partial charge is 0.534 e. The highest BCUT2D eigenvalue weighted by Crippen LogP contribution is 2.52. The Labute approximate surface area is 208 Å². The molecule has 0 bridgehead atoms. The third-order valence-corrected chi connectivity index (χ3v) is 9.15. The maximum atomic E-state index is 13.4. The second-order valence-electron chi connectivity index (χ2n) is 6.78. The zero-order valence-electron chi connectivity index (χ0n) is 16.8. The van der Waals surface area contributed by atoms with E-state index in [9.17, 15) is 21.6 Å². The van der Waals surface area contributed by atoms with Crippen molar-refractivity contribution in [3.8, 4) is 47.8 Å². The zero-order valence-corrected chi connectivity index (χ0v) is 20.9. The first-order valence-electron chi connectivity index (χ1n) is 9.50. The van der Waals surface area contributed by atoms with Gasteiger partial charge in [-0.1, -0.05) is 24.3 Å². The molecule has 0 saturated heterocycles. The SMILES string of the molecule is O=S(=O)(Oc1c(-c2cccs2)nc(-c2cccs2)c(-c2cccs2)c1-c1cccs1)C(F)(F)F. The molecule has 34 heavy (non-hydrogen) atoms. The highest BCUT2D eigenvalue weighted by atomic mass is 32.2. The Morgan fingerprint density at radius 3 is 1.56 bits per heavy atom. The quantitative estimate of drug-likeness (QED) is 0.156. The van der Waals surface area contributed by atoms with Crippen LogP contribution in [-0.4, -0.2) is 18.9 Å². The summed E-state index contributed by atoms with van der Waals surface area (Å²) in [6, 6.07) is 14.2. The van der Waals surface area contributed by atoms with Gasteiger partial charge in [0.1, 0.15) is 5.69 Å². The number of pyridine rings is 1. The predicted octanol–water partition coefficient (Wildman–Crippen LogP) is 8.22. The summed E-state index contributed by atoms with van der Waals surface area (Å²) in [5.41, 5.74) is -4.24. The number of halogens is 3. The summed E-state index contributed by atoms with van der Waals surface area (Å²) >= 11 is 5.32. The molecule has 5 rings (SSSR count). The van der Waals surface area contributed by atoms with Crippen LogP contribution in [0.15, 0.2) is 70.1 Å². The Morgan fingerprint density at radius 2 is 1.12 bits per heavy atom. The fraction of sp³-hybridized carbons (Fsp3) is 0.0455. The van der Waals surface area contributed by atoms with Crippen molar-refractivity contribution in [2.75, 3.05) is 0 Å². The molecule has 0 aliphatic rings. The monoisotopic (exact) mass is 555 g/mol. The Hall–Kier alpha value is -2.51. The van der Waals surface area contributed by atoms with Crippen molar-refractivity contribution in [2.45, 2.75) is 5.51 Å². The van der Waals surface area contributed by atoms with Gasteiger partial charge in [0.15, 0.2) is 5.75 Å². The molecule has 0 aliphatic heterocycles. The smallest absolute Gasteiger partial charge is 0.373 e. The van der Waals surface area contributed by atoms with E-state index in [1.54, 1.807) is 35.0 Å². The molecular weight excluding hydrogens is 544 g/mol. The van der Waals surface area contributed by atoms with Crippen LogP contribution in [0.25, 0.3) is 42.0 Å². The summed E-state index contributed by atoms with van der Waals surface area (Å²) in [6.07, 6.45) is 0. The van der Waals surface area contributed by atoms with Crippen LogP contribution in [0.2, 0.25) is 0 Å². The lowest BCUT2D eigenvalue weighted by molar-refractivity contribution is -0.0499. The lowest BCUT2D eigenvalue weighted by Crippen LogP contribution is -2.28. The molecule has 0 aliphatic carbocycles. The number of rotatable bonds is 6. The van der Waals surface area contributed by atoms with Crippen LogP contribution in [0.5, 0.6) is 5.75 Å². The minimum atomic E-state index is -5.95. The first kappa shape index (κ1) is 23.2. The van der Waals surface area contributed by atoms with Crippen LogP contribution in [0.4, 0.5) is 13.2 Å². The van der Waals surface area contributed by atoms with E-state index in [0.29, 0.717) is 21.0 Å². The van der Waals surface area contributed by atoms with E-state index < -0.39 is 21.4 Å². The van der Waals surface area contributed by atoms with Crippen molar-refractivity contribution in [1.82, 2.24) is 4.98 Å². The van der Waals surface area contributed by atoms with Crippen LogP contribution in [0, 0.1) is 0 Å². The lowest BCUT2D eigenvalue weighted by atomic mass is 9.99. The lowest BCUT2D eigenvalue weighted by Gasteiger charge is -2.20. The predicted molar refractivity (Wildman–Crippen MR) is 133 cm³/mol. The third-order valence-electron chi connectivity index (χ3n) is 4.67. The van der Waals surface area contributed by atoms with Crippen LogP contribution >= 0.6 is 45.3 Å². The molecule has 174 valence electrons. The van der Waals surface area contributed by atoms with Gasteiger partial charge in [0.25, 0.3) is 0 Å². The summed E-state index contributed by atoms with van der Waals surface area (Å²) in [5.74, 6) is -0.439. The van der Waals surface area contributed by atoms with Gasteiger partial charge in [-0.05, 0) is 45.8 Å². The van der Waals surface area contributed by atoms with Gasteiger partial charge in [-0.25, -0.2) is 4.98 Å². The Balaban J connectivity index is 1.94. The van der Waals surface area contributed by atoms with Gasteiger partial charge in [0, 0.05) is 20.9 Å². The Morgan fingerprint density at radius 1 is 0.676 bits per heavy atom. The Bertz CT molecular complexity index is 1510. The molecule has 5 aromatic heterocycles. The molecule has 0 saturated carbocycles. The van der Waals surface area contributed by atoms with Crippen molar-refractivity contribution in [1.29, 1.82) is 0 Å². The summed E-state index contributed by atoms with van der Waals surface area (Å²) in [4.78, 5) is 7.30. The van der Waals surface area contributed by atoms with Crippen molar-refractivity contribution in [3.05, 3.63) is 70.1 Å². The molecule has 0 unspecified atom stereocenters. The third kappa shape index (κ3) is 4.20.